The molecule has 10 heavy (non-hydrogen) atoms. The monoisotopic (exact) mass is 173 g/mol. The second kappa shape index (κ2) is 2.66. The number of rotatable bonds is 0. The van der Waals surface area contributed by atoms with Gasteiger partial charge in [-0.15, -0.1) is 6.42 Å². The fraction of sp³-hybridized carbons (Fsp3) is 0.714. The Hall–Kier alpha value is 0.170. The predicted octanol–water partition coefficient (Wildman–Crippen LogP) is 1.35. The van der Waals surface area contributed by atoms with Crippen molar-refractivity contribution < 1.29 is 0 Å². The van der Waals surface area contributed by atoms with Gasteiger partial charge < -0.3 is 0 Å². The van der Waals surface area contributed by atoms with E-state index >= 15 is 0 Å². The maximum Gasteiger partial charge on any atom is 0.0752 e. The van der Waals surface area contributed by atoms with Gasteiger partial charge in [0, 0.05) is 6.19 Å². The van der Waals surface area contributed by atoms with Crippen molar-refractivity contribution in [1.29, 1.82) is 0 Å². The summed E-state index contributed by atoms with van der Waals surface area (Å²) in [4.78, 5) is 0. The van der Waals surface area contributed by atoms with Crippen LogP contribution in [0, 0.1) is 12.3 Å². The summed E-state index contributed by atoms with van der Waals surface area (Å²) < 4.78 is 2.21. The third-order valence-electron chi connectivity index (χ3n) is 2.13. The molecule has 0 aromatic carbocycles. The molecule has 0 radical (unpaired) electrons. The van der Waals surface area contributed by atoms with Crippen LogP contribution in [0.1, 0.15) is 6.42 Å². The second-order valence-corrected chi connectivity index (χ2v) is 8.36. The number of nitrogens with zero attached hydrogens (tertiary/aromatic N) is 1. The van der Waals surface area contributed by atoms with Gasteiger partial charge in [-0.1, -0.05) is 17.7 Å². The molecule has 1 aliphatic heterocycles. The lowest BCUT2D eigenvalue weighted by Gasteiger charge is -2.22. The van der Waals surface area contributed by atoms with Gasteiger partial charge in [0.25, 0.3) is 0 Å². The van der Waals surface area contributed by atoms with E-state index in [-0.39, 0.29) is 0 Å². The van der Waals surface area contributed by atoms with Crippen LogP contribution < -0.4 is 0 Å². The molecule has 1 nitrogen and oxygen atoms in total. The zero-order chi connectivity index (χ0) is 7.78. The SMILES string of the molecule is C#CC1CCP(C)(=S)N1C. The molecule has 0 aromatic heterocycles. The quantitative estimate of drug-likeness (QED) is 0.402. The van der Waals surface area contributed by atoms with E-state index in [1.165, 1.54) is 0 Å². The van der Waals surface area contributed by atoms with Crippen molar-refractivity contribution in [1.82, 2.24) is 4.67 Å². The van der Waals surface area contributed by atoms with Gasteiger partial charge >= 0.3 is 0 Å². The van der Waals surface area contributed by atoms with Crippen molar-refractivity contribution in [2.45, 2.75) is 12.5 Å². The van der Waals surface area contributed by atoms with Gasteiger partial charge in [-0.05, 0) is 26.3 Å². The summed E-state index contributed by atoms with van der Waals surface area (Å²) in [5.41, 5.74) is 0. The van der Waals surface area contributed by atoms with E-state index in [0.717, 1.165) is 12.6 Å². The van der Waals surface area contributed by atoms with Crippen molar-refractivity contribution in [2.24, 2.45) is 0 Å². The highest BCUT2D eigenvalue weighted by molar-refractivity contribution is 8.13. The van der Waals surface area contributed by atoms with Crippen LogP contribution in [0.2, 0.25) is 0 Å². The highest BCUT2D eigenvalue weighted by Gasteiger charge is 2.30. The molecule has 1 saturated heterocycles. The second-order valence-electron chi connectivity index (χ2n) is 2.82. The van der Waals surface area contributed by atoms with Crippen molar-refractivity contribution in [3.8, 4) is 12.3 Å². The molecule has 0 spiro atoms. The van der Waals surface area contributed by atoms with Crippen molar-refractivity contribution in [2.75, 3.05) is 19.9 Å². The van der Waals surface area contributed by atoms with Gasteiger partial charge in [0.1, 0.15) is 0 Å². The lowest BCUT2D eigenvalue weighted by molar-refractivity contribution is 0.502. The predicted molar refractivity (Wildman–Crippen MR) is 50.1 cm³/mol. The number of hydrogen-bond donors (Lipinski definition) is 0. The maximum absolute atomic E-state index is 5.42. The van der Waals surface area contributed by atoms with Gasteiger partial charge in [0.05, 0.1) is 6.04 Å². The van der Waals surface area contributed by atoms with Gasteiger partial charge in [0.15, 0.2) is 0 Å². The highest BCUT2D eigenvalue weighted by Crippen LogP contribution is 2.52. The van der Waals surface area contributed by atoms with Gasteiger partial charge in [-0.2, -0.15) is 0 Å². The van der Waals surface area contributed by atoms with Crippen LogP contribution in [0.5, 0.6) is 0 Å². The summed E-state index contributed by atoms with van der Waals surface area (Å²) in [5.74, 6) is 2.76. The molecule has 0 amide bonds. The van der Waals surface area contributed by atoms with Crippen molar-refractivity contribution >= 4 is 18.0 Å². The fourth-order valence-corrected chi connectivity index (χ4v) is 3.66. The smallest absolute Gasteiger partial charge is 0.0752 e. The van der Waals surface area contributed by atoms with Crippen LogP contribution in [0.25, 0.3) is 0 Å². The molecule has 1 rings (SSSR count). The first kappa shape index (κ1) is 8.27. The highest BCUT2D eigenvalue weighted by atomic mass is 32.4. The van der Waals surface area contributed by atoms with Crippen LogP contribution in [0.15, 0.2) is 0 Å². The zero-order valence-corrected chi connectivity index (χ0v) is 8.08. The minimum atomic E-state index is -1.18. The van der Waals surface area contributed by atoms with Crippen LogP contribution >= 0.6 is 6.19 Å². The Bertz CT molecular complexity index is 218. The molecule has 3 heteroatoms. The lowest BCUT2D eigenvalue weighted by Crippen LogP contribution is -2.19. The van der Waals surface area contributed by atoms with E-state index in [2.05, 4.69) is 24.3 Å². The van der Waals surface area contributed by atoms with Crippen LogP contribution in [-0.2, 0) is 11.8 Å². The minimum Gasteiger partial charge on any atom is -0.264 e. The lowest BCUT2D eigenvalue weighted by atomic mass is 10.2. The molecule has 2 atom stereocenters. The number of hydrogen-bond acceptors (Lipinski definition) is 1. The molecule has 0 aliphatic carbocycles. The van der Waals surface area contributed by atoms with Gasteiger partial charge in [-0.25, -0.2) is 0 Å². The average molecular weight is 173 g/mol. The third kappa shape index (κ3) is 1.27. The summed E-state index contributed by atoms with van der Waals surface area (Å²) >= 11 is 5.42. The van der Waals surface area contributed by atoms with Crippen molar-refractivity contribution in [3.63, 3.8) is 0 Å². The summed E-state index contributed by atoms with van der Waals surface area (Å²) in [6.07, 6.45) is 6.39. The normalized spacial score (nSPS) is 41.5. The summed E-state index contributed by atoms with van der Waals surface area (Å²) in [6.45, 7) is 2.17. The standard InChI is InChI=1S/C7H12NPS/c1-4-7-5-6-9(3,10)8(7)2/h1,7H,5-6H2,2-3H3. The Morgan fingerprint density at radius 1 is 1.80 bits per heavy atom. The van der Waals surface area contributed by atoms with Gasteiger partial charge in [0.2, 0.25) is 0 Å². The Morgan fingerprint density at radius 3 is 2.60 bits per heavy atom. The summed E-state index contributed by atoms with van der Waals surface area (Å²) in [6, 6.07) is 0.316. The molecule has 0 bridgehead atoms. The summed E-state index contributed by atoms with van der Waals surface area (Å²) in [7, 11) is 2.05. The Morgan fingerprint density at radius 2 is 2.40 bits per heavy atom. The van der Waals surface area contributed by atoms with E-state index in [4.69, 9.17) is 18.2 Å². The van der Waals surface area contributed by atoms with E-state index in [9.17, 15) is 0 Å². The molecule has 1 fully saturated rings. The molecular formula is C7H12NPS. The first-order valence-corrected chi connectivity index (χ1v) is 6.72. The van der Waals surface area contributed by atoms with Crippen molar-refractivity contribution in [3.05, 3.63) is 0 Å². The first-order chi connectivity index (χ1) is 4.58. The van der Waals surface area contributed by atoms with E-state index in [1.54, 1.807) is 0 Å². The third-order valence-corrected chi connectivity index (χ3v) is 6.15. The molecular weight excluding hydrogens is 161 g/mol. The van der Waals surface area contributed by atoms with E-state index in [1.807, 2.05) is 0 Å². The van der Waals surface area contributed by atoms with E-state index < -0.39 is 6.19 Å². The van der Waals surface area contributed by atoms with Crippen LogP contribution in [-0.4, -0.2) is 30.6 Å². The Balaban J connectivity index is 2.79. The zero-order valence-electron chi connectivity index (χ0n) is 6.37. The topological polar surface area (TPSA) is 3.24 Å². The average Bonchev–Trinajstić information content (AvgIpc) is 2.10. The largest absolute Gasteiger partial charge is 0.264 e. The van der Waals surface area contributed by atoms with E-state index in [0.29, 0.717) is 6.04 Å². The number of terminal acetylenes is 1. The molecule has 56 valence electrons. The fourth-order valence-electron chi connectivity index (χ4n) is 1.19. The molecule has 1 aliphatic rings. The molecule has 0 aromatic rings. The molecule has 2 unspecified atom stereocenters. The van der Waals surface area contributed by atoms with Gasteiger partial charge in [-0.3, -0.25) is 4.67 Å². The Kier molecular flexibility index (Phi) is 2.20. The minimum absolute atomic E-state index is 0.316. The van der Waals surface area contributed by atoms with Crippen LogP contribution in [0.4, 0.5) is 0 Å². The first-order valence-electron chi connectivity index (χ1n) is 3.34. The van der Waals surface area contributed by atoms with Crippen LogP contribution in [0.3, 0.4) is 0 Å². The molecule has 0 N–H and O–H groups in total. The Labute approximate surface area is 67.9 Å². The molecule has 1 heterocycles. The maximum atomic E-state index is 5.42. The summed E-state index contributed by atoms with van der Waals surface area (Å²) in [5, 5.41) is 0. The molecule has 0 saturated carbocycles.